The van der Waals surface area contributed by atoms with Crippen LogP contribution in [0.1, 0.15) is 41.1 Å². The summed E-state index contributed by atoms with van der Waals surface area (Å²) in [6.45, 7) is 2.32. The summed E-state index contributed by atoms with van der Waals surface area (Å²) in [4.78, 5) is 14.1. The van der Waals surface area contributed by atoms with E-state index in [2.05, 4.69) is 11.4 Å². The van der Waals surface area contributed by atoms with Crippen LogP contribution in [0.4, 0.5) is 0 Å². The van der Waals surface area contributed by atoms with E-state index in [4.69, 9.17) is 4.74 Å². The van der Waals surface area contributed by atoms with Crippen LogP contribution < -0.4 is 5.32 Å². The van der Waals surface area contributed by atoms with Crippen LogP contribution in [-0.4, -0.2) is 18.6 Å². The molecule has 0 aromatic carbocycles. The Hall–Kier alpha value is -0.870. The molecular formula is C13H17NO2S. The van der Waals surface area contributed by atoms with Gasteiger partial charge in [-0.2, -0.15) is 0 Å². The number of carbonyl (C=O) groups excluding carboxylic acids is 1. The van der Waals surface area contributed by atoms with E-state index in [1.54, 1.807) is 11.3 Å². The van der Waals surface area contributed by atoms with Crippen molar-refractivity contribution in [2.45, 2.75) is 44.7 Å². The molecule has 1 N–H and O–H groups in total. The first kappa shape index (κ1) is 11.2. The first-order valence-corrected chi connectivity index (χ1v) is 7.11. The zero-order valence-corrected chi connectivity index (χ0v) is 10.8. The highest BCUT2D eigenvalue weighted by atomic mass is 32.1. The highest BCUT2D eigenvalue weighted by molar-refractivity contribution is 7.12. The van der Waals surface area contributed by atoms with Crippen LogP contribution >= 0.6 is 11.3 Å². The standard InChI is InChI=1S/C13H17NO2S/c1-2-16-13(15)7-9-6-10-11-4-3-8(14-11)5-12(10)17-9/h6,8,11,14H,2-5,7H2,1H3. The van der Waals surface area contributed by atoms with Gasteiger partial charge in [0.05, 0.1) is 13.0 Å². The van der Waals surface area contributed by atoms with Gasteiger partial charge < -0.3 is 10.1 Å². The fraction of sp³-hybridized carbons (Fsp3) is 0.615. The molecule has 1 fully saturated rings. The maximum Gasteiger partial charge on any atom is 0.311 e. The molecule has 2 aliphatic heterocycles. The van der Waals surface area contributed by atoms with E-state index < -0.39 is 0 Å². The van der Waals surface area contributed by atoms with E-state index in [1.807, 2.05) is 6.92 Å². The molecule has 1 aromatic rings. The molecule has 2 atom stereocenters. The van der Waals surface area contributed by atoms with Gasteiger partial charge in [-0.1, -0.05) is 0 Å². The molecule has 3 heterocycles. The molecule has 2 bridgehead atoms. The van der Waals surface area contributed by atoms with Crippen molar-refractivity contribution in [1.82, 2.24) is 5.32 Å². The van der Waals surface area contributed by atoms with Gasteiger partial charge >= 0.3 is 5.97 Å². The van der Waals surface area contributed by atoms with Crippen LogP contribution in [0.25, 0.3) is 0 Å². The Morgan fingerprint density at radius 1 is 1.59 bits per heavy atom. The van der Waals surface area contributed by atoms with Crippen molar-refractivity contribution >= 4 is 17.3 Å². The maximum atomic E-state index is 11.5. The molecular weight excluding hydrogens is 234 g/mol. The fourth-order valence-corrected chi connectivity index (χ4v) is 4.14. The van der Waals surface area contributed by atoms with Gasteiger partial charge in [0.25, 0.3) is 0 Å². The lowest BCUT2D eigenvalue weighted by Crippen LogP contribution is -2.30. The summed E-state index contributed by atoms with van der Waals surface area (Å²) < 4.78 is 4.99. The predicted octanol–water partition coefficient (Wildman–Crippen LogP) is 2.20. The number of thiophene rings is 1. The average molecular weight is 251 g/mol. The van der Waals surface area contributed by atoms with Crippen molar-refractivity contribution in [3.05, 3.63) is 21.4 Å². The second-order valence-electron chi connectivity index (χ2n) is 4.77. The molecule has 17 heavy (non-hydrogen) atoms. The number of fused-ring (bicyclic) bond motifs is 4. The van der Waals surface area contributed by atoms with Crippen molar-refractivity contribution in [3.8, 4) is 0 Å². The lowest BCUT2D eigenvalue weighted by atomic mass is 10.0. The Labute approximate surface area is 105 Å². The lowest BCUT2D eigenvalue weighted by molar-refractivity contribution is -0.142. The monoisotopic (exact) mass is 251 g/mol. The largest absolute Gasteiger partial charge is 0.466 e. The number of hydrogen-bond donors (Lipinski definition) is 1. The summed E-state index contributed by atoms with van der Waals surface area (Å²) in [6, 6.07) is 3.41. The molecule has 92 valence electrons. The highest BCUT2D eigenvalue weighted by Crippen LogP contribution is 2.40. The van der Waals surface area contributed by atoms with Gasteiger partial charge in [0.2, 0.25) is 0 Å². The fourth-order valence-electron chi connectivity index (χ4n) is 2.85. The smallest absolute Gasteiger partial charge is 0.311 e. The first-order valence-electron chi connectivity index (χ1n) is 6.29. The van der Waals surface area contributed by atoms with Gasteiger partial charge in [0.1, 0.15) is 0 Å². The molecule has 2 unspecified atom stereocenters. The van der Waals surface area contributed by atoms with Crippen LogP contribution in [0.15, 0.2) is 6.07 Å². The molecule has 1 aromatic heterocycles. The Morgan fingerprint density at radius 2 is 2.47 bits per heavy atom. The summed E-state index contributed by atoms with van der Waals surface area (Å²) in [5, 5.41) is 3.63. The number of esters is 1. The van der Waals surface area contributed by atoms with E-state index in [1.165, 1.54) is 23.3 Å². The van der Waals surface area contributed by atoms with Crippen LogP contribution in [0, 0.1) is 0 Å². The molecule has 2 aliphatic rings. The minimum absolute atomic E-state index is 0.107. The van der Waals surface area contributed by atoms with Gasteiger partial charge in [-0.25, -0.2) is 0 Å². The van der Waals surface area contributed by atoms with E-state index in [0.717, 1.165) is 11.3 Å². The first-order chi connectivity index (χ1) is 8.26. The number of rotatable bonds is 3. The number of hydrogen-bond acceptors (Lipinski definition) is 4. The molecule has 0 amide bonds. The molecule has 1 saturated heterocycles. The number of carbonyl (C=O) groups is 1. The molecule has 0 aliphatic carbocycles. The lowest BCUT2D eigenvalue weighted by Gasteiger charge is -2.20. The molecule has 4 heteroatoms. The summed E-state index contributed by atoms with van der Waals surface area (Å²) in [5.41, 5.74) is 1.43. The van der Waals surface area contributed by atoms with Crippen LogP contribution in [0.3, 0.4) is 0 Å². The maximum absolute atomic E-state index is 11.5. The minimum Gasteiger partial charge on any atom is -0.466 e. The molecule has 0 saturated carbocycles. The number of nitrogens with one attached hydrogen (secondary N) is 1. The number of ether oxygens (including phenoxy) is 1. The van der Waals surface area contributed by atoms with Gasteiger partial charge in [0, 0.05) is 21.8 Å². The summed E-state index contributed by atoms with van der Waals surface area (Å²) in [5.74, 6) is -0.107. The Morgan fingerprint density at radius 3 is 3.29 bits per heavy atom. The van der Waals surface area contributed by atoms with Crippen molar-refractivity contribution in [2.24, 2.45) is 0 Å². The van der Waals surface area contributed by atoms with E-state index in [9.17, 15) is 4.79 Å². The zero-order valence-electron chi connectivity index (χ0n) is 9.99. The summed E-state index contributed by atoms with van der Waals surface area (Å²) in [7, 11) is 0. The van der Waals surface area contributed by atoms with Crippen molar-refractivity contribution < 1.29 is 9.53 Å². The highest BCUT2D eigenvalue weighted by Gasteiger charge is 2.33. The second-order valence-corrected chi connectivity index (χ2v) is 5.99. The molecule has 0 spiro atoms. The minimum atomic E-state index is -0.107. The molecule has 3 rings (SSSR count). The van der Waals surface area contributed by atoms with Crippen LogP contribution in [-0.2, 0) is 22.4 Å². The van der Waals surface area contributed by atoms with Crippen LogP contribution in [0.2, 0.25) is 0 Å². The SMILES string of the molecule is CCOC(=O)Cc1cc2c(s1)CC1CCC2N1. The van der Waals surface area contributed by atoms with Gasteiger partial charge in [0.15, 0.2) is 0 Å². The Kier molecular flexibility index (Phi) is 2.92. The summed E-state index contributed by atoms with van der Waals surface area (Å²) >= 11 is 1.80. The predicted molar refractivity (Wildman–Crippen MR) is 67.3 cm³/mol. The van der Waals surface area contributed by atoms with E-state index in [-0.39, 0.29) is 5.97 Å². The normalized spacial score (nSPS) is 25.7. The molecule has 3 nitrogen and oxygen atoms in total. The van der Waals surface area contributed by atoms with Crippen molar-refractivity contribution in [2.75, 3.05) is 6.61 Å². The third kappa shape index (κ3) is 2.11. The third-order valence-corrected chi connectivity index (χ3v) is 4.74. The third-order valence-electron chi connectivity index (χ3n) is 3.56. The van der Waals surface area contributed by atoms with E-state index >= 15 is 0 Å². The van der Waals surface area contributed by atoms with Crippen LogP contribution in [0.5, 0.6) is 0 Å². The van der Waals surface area contributed by atoms with Crippen molar-refractivity contribution in [3.63, 3.8) is 0 Å². The van der Waals surface area contributed by atoms with Gasteiger partial charge in [-0.05, 0) is 37.8 Å². The molecule has 0 radical (unpaired) electrons. The topological polar surface area (TPSA) is 38.3 Å². The Balaban J connectivity index is 1.76. The average Bonchev–Trinajstić information content (AvgIpc) is 2.85. The van der Waals surface area contributed by atoms with Crippen molar-refractivity contribution in [1.29, 1.82) is 0 Å². The van der Waals surface area contributed by atoms with E-state index in [0.29, 0.717) is 25.1 Å². The van der Waals surface area contributed by atoms with Gasteiger partial charge in [-0.3, -0.25) is 4.79 Å². The quantitative estimate of drug-likeness (QED) is 0.837. The zero-order chi connectivity index (χ0) is 11.8. The second kappa shape index (κ2) is 4.42. The Bertz CT molecular complexity index is 441. The summed E-state index contributed by atoms with van der Waals surface area (Å²) in [6.07, 6.45) is 4.11. The van der Waals surface area contributed by atoms with Gasteiger partial charge in [-0.15, -0.1) is 11.3 Å².